The maximum atomic E-state index is 13.7. The predicted octanol–water partition coefficient (Wildman–Crippen LogP) is 4.59. The molecule has 0 bridgehead atoms. The number of likely N-dealkylation sites (tertiary alicyclic amines) is 2. The summed E-state index contributed by atoms with van der Waals surface area (Å²) in [4.78, 5) is 30.6. The van der Waals surface area contributed by atoms with Crippen LogP contribution in [0.4, 0.5) is 8.78 Å². The molecule has 0 radical (unpaired) electrons. The number of carbonyl (C=O) groups is 2. The van der Waals surface area contributed by atoms with Crippen LogP contribution in [0.25, 0.3) is 0 Å². The molecule has 2 amide bonds. The van der Waals surface area contributed by atoms with Gasteiger partial charge in [-0.25, -0.2) is 8.78 Å². The molecule has 8 heteroatoms. The molecule has 0 aliphatic carbocycles. The van der Waals surface area contributed by atoms with Crippen LogP contribution in [0, 0.1) is 11.6 Å². The van der Waals surface area contributed by atoms with Crippen LogP contribution in [-0.4, -0.2) is 47.3 Å². The van der Waals surface area contributed by atoms with Crippen molar-refractivity contribution >= 4 is 11.8 Å². The average Bonchev–Trinajstić information content (AvgIpc) is 3.64. The molecule has 1 aromatic heterocycles. The zero-order valence-corrected chi connectivity index (χ0v) is 20.1. The normalized spacial score (nSPS) is 22.7. The molecule has 0 saturated carbocycles. The fourth-order valence-electron chi connectivity index (χ4n) is 5.30. The lowest BCUT2D eigenvalue weighted by atomic mass is 9.96. The molecule has 2 aliphatic rings. The van der Waals surface area contributed by atoms with Gasteiger partial charge in [0.05, 0.1) is 6.04 Å². The van der Waals surface area contributed by atoms with E-state index in [0.29, 0.717) is 31.8 Å². The molecule has 0 spiro atoms. The molecule has 2 fully saturated rings. The van der Waals surface area contributed by atoms with Gasteiger partial charge >= 0.3 is 0 Å². The highest BCUT2D eigenvalue weighted by Gasteiger charge is 2.44. The van der Waals surface area contributed by atoms with Gasteiger partial charge in [-0.15, -0.1) is 0 Å². The molecule has 2 aromatic carbocycles. The molecule has 1 unspecified atom stereocenters. The predicted molar refractivity (Wildman–Crippen MR) is 130 cm³/mol. The van der Waals surface area contributed by atoms with E-state index >= 15 is 0 Å². The van der Waals surface area contributed by atoms with E-state index in [4.69, 9.17) is 10.2 Å². The Morgan fingerprint density at radius 2 is 1.53 bits per heavy atom. The van der Waals surface area contributed by atoms with Crippen molar-refractivity contribution in [2.24, 2.45) is 5.73 Å². The smallest absolute Gasteiger partial charge is 0.290 e. The summed E-state index contributed by atoms with van der Waals surface area (Å²) in [5.74, 6) is -0.450. The van der Waals surface area contributed by atoms with Crippen LogP contribution in [0.3, 0.4) is 0 Å². The number of benzene rings is 2. The van der Waals surface area contributed by atoms with Gasteiger partial charge in [-0.3, -0.25) is 9.59 Å². The number of hydrogen-bond acceptors (Lipinski definition) is 4. The van der Waals surface area contributed by atoms with Crippen LogP contribution < -0.4 is 5.73 Å². The van der Waals surface area contributed by atoms with Crippen LogP contribution in [0.1, 0.15) is 65.1 Å². The van der Waals surface area contributed by atoms with Gasteiger partial charge in [-0.2, -0.15) is 0 Å². The van der Waals surface area contributed by atoms with E-state index in [1.165, 1.54) is 24.3 Å². The number of furan rings is 1. The highest BCUT2D eigenvalue weighted by Crippen LogP contribution is 2.36. The molecule has 5 rings (SSSR count). The molecule has 3 aromatic rings. The topological polar surface area (TPSA) is 79.8 Å². The second-order valence-corrected chi connectivity index (χ2v) is 9.77. The molecule has 2 N–H and O–H groups in total. The summed E-state index contributed by atoms with van der Waals surface area (Å²) in [5, 5.41) is 0. The Morgan fingerprint density at radius 3 is 2.11 bits per heavy atom. The molecule has 3 heterocycles. The third-order valence-electron chi connectivity index (χ3n) is 7.32. The Kier molecular flexibility index (Phi) is 6.62. The van der Waals surface area contributed by atoms with Crippen molar-refractivity contribution in [3.8, 4) is 0 Å². The Balaban J connectivity index is 1.38. The molecule has 2 aliphatic heterocycles. The molecule has 4 atom stereocenters. The van der Waals surface area contributed by atoms with Gasteiger partial charge in [0.25, 0.3) is 5.91 Å². The Hall–Kier alpha value is -3.52. The van der Waals surface area contributed by atoms with Gasteiger partial charge in [-0.05, 0) is 67.3 Å². The summed E-state index contributed by atoms with van der Waals surface area (Å²) in [6.07, 6.45) is 1.21. The van der Waals surface area contributed by atoms with E-state index < -0.39 is 6.04 Å². The van der Waals surface area contributed by atoms with Crippen molar-refractivity contribution in [3.05, 3.63) is 94.9 Å². The number of nitrogens with two attached hydrogens (primary N) is 1. The second kappa shape index (κ2) is 9.85. The quantitative estimate of drug-likeness (QED) is 0.564. The average molecular weight is 494 g/mol. The van der Waals surface area contributed by atoms with Crippen molar-refractivity contribution in [2.45, 2.75) is 43.7 Å². The van der Waals surface area contributed by atoms with Gasteiger partial charge in [0.2, 0.25) is 5.91 Å². The minimum atomic E-state index is -0.664. The van der Waals surface area contributed by atoms with Crippen molar-refractivity contribution in [1.29, 1.82) is 0 Å². The van der Waals surface area contributed by atoms with Crippen molar-refractivity contribution in [2.75, 3.05) is 19.6 Å². The van der Waals surface area contributed by atoms with Crippen molar-refractivity contribution < 1.29 is 22.8 Å². The fraction of sp³-hybridized carbons (Fsp3) is 0.357. The van der Waals surface area contributed by atoms with Crippen LogP contribution in [0.2, 0.25) is 0 Å². The third kappa shape index (κ3) is 4.78. The third-order valence-corrected chi connectivity index (χ3v) is 7.32. The highest BCUT2D eigenvalue weighted by atomic mass is 19.1. The summed E-state index contributed by atoms with van der Waals surface area (Å²) in [6, 6.07) is 14.8. The second-order valence-electron chi connectivity index (χ2n) is 9.77. The first-order chi connectivity index (χ1) is 17.3. The van der Waals surface area contributed by atoms with Gasteiger partial charge in [0, 0.05) is 31.5 Å². The number of rotatable bonds is 5. The van der Waals surface area contributed by atoms with Crippen molar-refractivity contribution in [1.82, 2.24) is 9.80 Å². The molecule has 188 valence electrons. The Morgan fingerprint density at radius 1 is 0.917 bits per heavy atom. The summed E-state index contributed by atoms with van der Waals surface area (Å²) in [5.41, 5.74) is 7.76. The standard InChI is InChI=1S/C28H29F2N3O3/c1-17(31)25-10-11-26(36-25)28(35)33-16-21(19-4-8-23(30)9-5-19)14-24(33)27(34)32-13-12-20(15-32)18-2-6-22(29)7-3-18/h2-11,17,20-21,24H,12-16,31H2,1H3/t17?,20-,21-,24-/m0/s1. The number of nitrogens with zero attached hydrogens (tertiary/aromatic N) is 2. The van der Waals surface area contributed by atoms with E-state index in [1.54, 1.807) is 53.1 Å². The largest absolute Gasteiger partial charge is 0.454 e. The van der Waals surface area contributed by atoms with Crippen LogP contribution in [0.5, 0.6) is 0 Å². The van der Waals surface area contributed by atoms with E-state index in [1.807, 2.05) is 0 Å². The highest BCUT2D eigenvalue weighted by molar-refractivity contribution is 5.96. The zero-order chi connectivity index (χ0) is 25.4. The molecular formula is C28H29F2N3O3. The van der Waals surface area contributed by atoms with E-state index in [-0.39, 0.29) is 47.1 Å². The number of hydrogen-bond donors (Lipinski definition) is 1. The maximum absolute atomic E-state index is 13.7. The van der Waals surface area contributed by atoms with Crippen LogP contribution in [-0.2, 0) is 4.79 Å². The number of halogens is 2. The Bertz CT molecular complexity index is 1240. The van der Waals surface area contributed by atoms with Crippen LogP contribution in [0.15, 0.2) is 65.1 Å². The van der Waals surface area contributed by atoms with E-state index in [2.05, 4.69) is 0 Å². The SMILES string of the molecule is CC(N)c1ccc(C(=O)N2C[C@@H](c3ccc(F)cc3)C[C@H]2C(=O)N2CC[C@H](c3ccc(F)cc3)C2)o1. The van der Waals surface area contributed by atoms with Gasteiger partial charge in [0.15, 0.2) is 5.76 Å². The lowest BCUT2D eigenvalue weighted by Gasteiger charge is -2.27. The Labute approximate surface area is 208 Å². The number of carbonyl (C=O) groups excluding carboxylic acids is 2. The number of amides is 2. The first-order valence-corrected chi connectivity index (χ1v) is 12.3. The first-order valence-electron chi connectivity index (χ1n) is 12.3. The lowest BCUT2D eigenvalue weighted by molar-refractivity contribution is -0.134. The van der Waals surface area contributed by atoms with Gasteiger partial charge in [0.1, 0.15) is 23.4 Å². The monoisotopic (exact) mass is 493 g/mol. The zero-order valence-electron chi connectivity index (χ0n) is 20.1. The lowest BCUT2D eigenvalue weighted by Crippen LogP contribution is -2.47. The minimum absolute atomic E-state index is 0.109. The minimum Gasteiger partial charge on any atom is -0.454 e. The maximum Gasteiger partial charge on any atom is 0.290 e. The molecule has 2 saturated heterocycles. The first kappa shape index (κ1) is 24.2. The fourth-order valence-corrected chi connectivity index (χ4v) is 5.30. The van der Waals surface area contributed by atoms with E-state index in [0.717, 1.165) is 17.5 Å². The molecular weight excluding hydrogens is 464 g/mol. The molecule has 6 nitrogen and oxygen atoms in total. The van der Waals surface area contributed by atoms with Gasteiger partial charge < -0.3 is 20.0 Å². The van der Waals surface area contributed by atoms with E-state index in [9.17, 15) is 18.4 Å². The molecule has 36 heavy (non-hydrogen) atoms. The summed E-state index contributed by atoms with van der Waals surface area (Å²) in [6.45, 7) is 3.17. The van der Waals surface area contributed by atoms with Crippen molar-refractivity contribution in [3.63, 3.8) is 0 Å². The summed E-state index contributed by atoms with van der Waals surface area (Å²) < 4.78 is 32.5. The summed E-state index contributed by atoms with van der Waals surface area (Å²) >= 11 is 0. The summed E-state index contributed by atoms with van der Waals surface area (Å²) in [7, 11) is 0. The van der Waals surface area contributed by atoms with Gasteiger partial charge in [-0.1, -0.05) is 24.3 Å². The van der Waals surface area contributed by atoms with Crippen LogP contribution >= 0.6 is 0 Å².